The van der Waals surface area contributed by atoms with Gasteiger partial charge in [-0.25, -0.2) is 0 Å². The Kier molecular flexibility index (Phi) is 6.27. The molecule has 0 aromatic carbocycles. The van der Waals surface area contributed by atoms with Crippen molar-refractivity contribution in [2.45, 2.75) is 58.0 Å². The molecule has 12 heavy (non-hydrogen) atoms. The quantitative estimate of drug-likeness (QED) is 0.487. The fourth-order valence-corrected chi connectivity index (χ4v) is 1.88. The fraction of sp³-hybridized carbons (Fsp3) is 1.00. The van der Waals surface area contributed by atoms with Gasteiger partial charge in [0.2, 0.25) is 0 Å². The van der Waals surface area contributed by atoms with Gasteiger partial charge in [0.15, 0.2) is 0 Å². The van der Waals surface area contributed by atoms with Crippen molar-refractivity contribution in [2.24, 2.45) is 0 Å². The van der Waals surface area contributed by atoms with Gasteiger partial charge in [0.25, 0.3) is 0 Å². The molecule has 0 N–H and O–H groups in total. The molecule has 1 heterocycles. The van der Waals surface area contributed by atoms with Crippen molar-refractivity contribution in [2.75, 3.05) is 0 Å². The number of nitrogens with zero attached hydrogens (tertiary/aromatic N) is 1. The molecule has 1 fully saturated rings. The molecule has 0 radical (unpaired) electrons. The van der Waals surface area contributed by atoms with Gasteiger partial charge in [0.05, 0.1) is 0 Å². The normalized spacial score (nSPS) is 25.0. The Morgan fingerprint density at radius 2 is 1.25 bits per heavy atom. The Labute approximate surface area is 94.7 Å². The summed E-state index contributed by atoms with van der Waals surface area (Å²) in [7, 11) is 0. The first-order valence-electron chi connectivity index (χ1n) is 4.15. The van der Waals surface area contributed by atoms with Crippen LogP contribution in [0.5, 0.6) is 0 Å². The van der Waals surface area contributed by atoms with Crippen LogP contribution in [-0.2, 0) is 0 Å². The van der Waals surface area contributed by atoms with Crippen molar-refractivity contribution >= 4 is 12.4 Å². The smallest absolute Gasteiger partial charge is 0.652 e. The van der Waals surface area contributed by atoms with Crippen molar-refractivity contribution in [3.63, 3.8) is 0 Å². The van der Waals surface area contributed by atoms with Gasteiger partial charge in [0.1, 0.15) is 0 Å². The maximum Gasteiger partial charge on any atom is 1.00 e. The van der Waals surface area contributed by atoms with Crippen LogP contribution in [0.4, 0.5) is 0 Å². The van der Waals surface area contributed by atoms with E-state index in [1.54, 1.807) is 0 Å². The molecular weight excluding hydrogens is 164 g/mol. The topological polar surface area (TPSA) is 14.1 Å². The Morgan fingerprint density at radius 3 is 1.42 bits per heavy atom. The third kappa shape index (κ3) is 4.77. The summed E-state index contributed by atoms with van der Waals surface area (Å²) in [5.41, 5.74) is 0.476. The van der Waals surface area contributed by atoms with E-state index in [1.807, 2.05) is 0 Å². The Hall–Kier alpha value is 0.847. The summed E-state index contributed by atoms with van der Waals surface area (Å²) in [5.74, 6) is 0. The molecule has 0 aromatic rings. The Balaban J connectivity index is 0. The van der Waals surface area contributed by atoms with Gasteiger partial charge in [-0.1, -0.05) is 47.0 Å². The van der Waals surface area contributed by atoms with Crippen molar-refractivity contribution < 1.29 is 18.9 Å². The second kappa shape index (κ2) is 4.91. The van der Waals surface area contributed by atoms with Gasteiger partial charge >= 0.3 is 18.9 Å². The Morgan fingerprint density at radius 1 is 0.917 bits per heavy atom. The molecule has 0 amide bonds. The zero-order chi connectivity index (χ0) is 7.83. The van der Waals surface area contributed by atoms with Crippen LogP contribution in [0.3, 0.4) is 0 Å². The molecule has 0 unspecified atom stereocenters. The molecule has 3 heteroatoms. The van der Waals surface area contributed by atoms with E-state index in [1.165, 1.54) is 19.3 Å². The largest absolute Gasteiger partial charge is 1.00 e. The molecule has 68 valence electrons. The molecule has 0 aliphatic carbocycles. The summed E-state index contributed by atoms with van der Waals surface area (Å²) in [6.45, 7) is 8.92. The molecule has 0 bridgehead atoms. The molecule has 1 nitrogen and oxygen atoms in total. The zero-order valence-corrected chi connectivity index (χ0v) is 9.79. The minimum atomic E-state index is 0. The van der Waals surface area contributed by atoms with E-state index >= 15 is 0 Å². The molecule has 1 saturated heterocycles. The average Bonchev–Trinajstić information content (AvgIpc) is 1.56. The van der Waals surface area contributed by atoms with Crippen LogP contribution in [0.1, 0.15) is 47.0 Å². The van der Waals surface area contributed by atoms with E-state index in [9.17, 15) is 0 Å². The summed E-state index contributed by atoms with van der Waals surface area (Å²) in [4.78, 5) is 0. The van der Waals surface area contributed by atoms with Gasteiger partial charge in [0, 0.05) is 0 Å². The third-order valence-electron chi connectivity index (χ3n) is 2.18. The van der Waals surface area contributed by atoms with E-state index in [2.05, 4.69) is 27.7 Å². The Bertz CT molecular complexity index is 120. The number of halogens is 1. The van der Waals surface area contributed by atoms with Gasteiger partial charge < -0.3 is 5.32 Å². The predicted octanol–water partition coefficient (Wildman–Crippen LogP) is 0.527. The van der Waals surface area contributed by atoms with Crippen LogP contribution in [0, 0.1) is 0 Å². The summed E-state index contributed by atoms with van der Waals surface area (Å²) in [5, 5.41) is 4.75. The van der Waals surface area contributed by atoms with E-state index in [-0.39, 0.29) is 42.3 Å². The molecule has 0 saturated carbocycles. The van der Waals surface area contributed by atoms with Crippen LogP contribution in [0.2, 0.25) is 0 Å². The molecule has 1 aliphatic heterocycles. The molecule has 1 rings (SSSR count). The van der Waals surface area contributed by atoms with Crippen molar-refractivity contribution in [3.05, 3.63) is 5.32 Å². The number of hydrogen-bond acceptors (Lipinski definition) is 0. The second-order valence-corrected chi connectivity index (χ2v) is 4.59. The molecular formula is C9H19ClLiN. The van der Waals surface area contributed by atoms with Crippen LogP contribution >= 0.6 is 12.4 Å². The monoisotopic (exact) mass is 183 g/mol. The van der Waals surface area contributed by atoms with E-state index < -0.39 is 0 Å². The van der Waals surface area contributed by atoms with E-state index in [4.69, 9.17) is 5.32 Å². The van der Waals surface area contributed by atoms with Crippen LogP contribution in [0.25, 0.3) is 5.32 Å². The van der Waals surface area contributed by atoms with Gasteiger partial charge in [-0.3, -0.25) is 0 Å². The number of hydrogen-bond donors (Lipinski definition) is 0. The first-order chi connectivity index (χ1) is 4.41. The second-order valence-electron chi connectivity index (χ2n) is 4.59. The van der Waals surface area contributed by atoms with E-state index in [0.29, 0.717) is 0 Å². The molecule has 0 aromatic heterocycles. The third-order valence-corrected chi connectivity index (χ3v) is 2.18. The maximum absolute atomic E-state index is 4.75. The SMILES string of the molecule is CC1(C)CCCC(C)(C)[N-]1.Cl.[Li+]. The first kappa shape index (κ1) is 15.3. The summed E-state index contributed by atoms with van der Waals surface area (Å²) in [6, 6.07) is 0. The molecule has 0 spiro atoms. The number of rotatable bonds is 0. The van der Waals surface area contributed by atoms with Crippen LogP contribution in [-0.4, -0.2) is 11.1 Å². The predicted molar refractivity (Wildman–Crippen MR) is 52.6 cm³/mol. The van der Waals surface area contributed by atoms with Crippen LogP contribution in [0.15, 0.2) is 0 Å². The minimum Gasteiger partial charge on any atom is -0.652 e. The van der Waals surface area contributed by atoms with Crippen molar-refractivity contribution in [1.29, 1.82) is 0 Å². The summed E-state index contributed by atoms with van der Waals surface area (Å²) in [6.07, 6.45) is 3.86. The maximum atomic E-state index is 4.75. The van der Waals surface area contributed by atoms with Crippen LogP contribution < -0.4 is 18.9 Å². The van der Waals surface area contributed by atoms with Crippen molar-refractivity contribution in [3.8, 4) is 0 Å². The standard InChI is InChI=1S/C9H18N.ClH.Li/c1-8(2)6-5-7-9(3,4)10-8;;/h5-7H2,1-4H3;1H;/q-1;;+1. The van der Waals surface area contributed by atoms with Gasteiger partial charge in [-0.2, -0.15) is 0 Å². The van der Waals surface area contributed by atoms with E-state index in [0.717, 1.165) is 0 Å². The average molecular weight is 184 g/mol. The van der Waals surface area contributed by atoms with Crippen molar-refractivity contribution in [1.82, 2.24) is 0 Å². The molecule has 1 aliphatic rings. The van der Waals surface area contributed by atoms with Gasteiger partial charge in [-0.15, -0.1) is 23.5 Å². The number of piperidine rings is 1. The fourth-order valence-electron chi connectivity index (χ4n) is 1.88. The summed E-state index contributed by atoms with van der Waals surface area (Å²) < 4.78 is 0. The minimum absolute atomic E-state index is 0. The molecule has 0 atom stereocenters. The first-order valence-corrected chi connectivity index (χ1v) is 4.15. The van der Waals surface area contributed by atoms with Gasteiger partial charge in [-0.05, 0) is 0 Å². The zero-order valence-electron chi connectivity index (χ0n) is 8.98. The summed E-state index contributed by atoms with van der Waals surface area (Å²) >= 11 is 0.